The van der Waals surface area contributed by atoms with Crippen LogP contribution in [-0.4, -0.2) is 31.3 Å². The van der Waals surface area contributed by atoms with Crippen molar-refractivity contribution < 1.29 is 4.42 Å². The molecule has 0 bridgehead atoms. The molecule has 1 unspecified atom stereocenters. The lowest BCUT2D eigenvalue weighted by atomic mass is 10.3. The van der Waals surface area contributed by atoms with E-state index in [4.69, 9.17) is 4.42 Å². The normalized spacial score (nSPS) is 13.0. The number of aromatic nitrogens is 2. The first-order chi connectivity index (χ1) is 5.65. The van der Waals surface area contributed by atoms with Crippen LogP contribution in [0.1, 0.15) is 18.9 Å². The average Bonchev–Trinajstić information content (AvgIpc) is 2.51. The van der Waals surface area contributed by atoms with Crippen LogP contribution >= 0.6 is 0 Å². The van der Waals surface area contributed by atoms with E-state index in [2.05, 4.69) is 15.5 Å². The van der Waals surface area contributed by atoms with Gasteiger partial charge in [-0.25, -0.2) is 0 Å². The summed E-state index contributed by atoms with van der Waals surface area (Å²) in [6.07, 6.45) is 0. The van der Waals surface area contributed by atoms with Crippen molar-refractivity contribution in [2.45, 2.75) is 13.0 Å². The molecule has 0 radical (unpaired) electrons. The fourth-order valence-electron chi connectivity index (χ4n) is 0.706. The first kappa shape index (κ1) is 8.99. The van der Waals surface area contributed by atoms with Gasteiger partial charge in [-0.1, -0.05) is 5.10 Å². The molecule has 12 heavy (non-hydrogen) atoms. The maximum absolute atomic E-state index is 5.34. The molecule has 0 saturated carbocycles. The molecule has 0 fully saturated rings. The Morgan fingerprint density at radius 2 is 2.08 bits per heavy atom. The Morgan fingerprint density at radius 3 is 2.50 bits per heavy atom. The predicted molar refractivity (Wildman–Crippen MR) is 46.1 cm³/mol. The van der Waals surface area contributed by atoms with Crippen molar-refractivity contribution in [1.82, 2.24) is 15.5 Å². The molecule has 5 heteroatoms. The maximum atomic E-state index is 5.34. The van der Waals surface area contributed by atoms with Gasteiger partial charge >= 0.3 is 6.01 Å². The number of hydrogen-bond donors (Lipinski definition) is 1. The van der Waals surface area contributed by atoms with Crippen molar-refractivity contribution in [3.63, 3.8) is 0 Å². The van der Waals surface area contributed by atoms with Crippen LogP contribution < -0.4 is 10.2 Å². The number of rotatable bonds is 3. The number of nitrogens with one attached hydrogen (secondary N) is 1. The van der Waals surface area contributed by atoms with Gasteiger partial charge in [0.1, 0.15) is 0 Å². The Balaban J connectivity index is 2.77. The Hall–Kier alpha value is -1.10. The minimum atomic E-state index is 0.103. The van der Waals surface area contributed by atoms with Gasteiger partial charge in [0.25, 0.3) is 0 Å². The highest BCUT2D eigenvalue weighted by molar-refractivity contribution is 5.19. The summed E-state index contributed by atoms with van der Waals surface area (Å²) in [5.41, 5.74) is 0. The van der Waals surface area contributed by atoms with Gasteiger partial charge in [-0.2, -0.15) is 0 Å². The highest BCUT2D eigenvalue weighted by Crippen LogP contribution is 2.14. The van der Waals surface area contributed by atoms with Crippen LogP contribution in [0.2, 0.25) is 0 Å². The number of anilines is 1. The summed E-state index contributed by atoms with van der Waals surface area (Å²) in [4.78, 5) is 1.78. The van der Waals surface area contributed by atoms with Gasteiger partial charge in [0.05, 0.1) is 6.04 Å². The molecule has 1 N–H and O–H groups in total. The lowest BCUT2D eigenvalue weighted by molar-refractivity contribution is 0.435. The molecule has 1 atom stereocenters. The van der Waals surface area contributed by atoms with Crippen LogP contribution in [0.15, 0.2) is 4.42 Å². The maximum Gasteiger partial charge on any atom is 0.317 e. The van der Waals surface area contributed by atoms with Crippen molar-refractivity contribution in [2.24, 2.45) is 0 Å². The lowest BCUT2D eigenvalue weighted by Crippen LogP contribution is -2.12. The van der Waals surface area contributed by atoms with E-state index >= 15 is 0 Å². The van der Waals surface area contributed by atoms with E-state index in [0.717, 1.165) is 0 Å². The molecule has 0 aliphatic carbocycles. The second-order valence-corrected chi connectivity index (χ2v) is 2.83. The fourth-order valence-corrected chi connectivity index (χ4v) is 0.706. The molecule has 5 nitrogen and oxygen atoms in total. The van der Waals surface area contributed by atoms with Crippen molar-refractivity contribution in [3.05, 3.63) is 5.89 Å². The molecule has 0 aliphatic rings. The van der Waals surface area contributed by atoms with Crippen LogP contribution in [0.3, 0.4) is 0 Å². The predicted octanol–water partition coefficient (Wildman–Crippen LogP) is 0.416. The largest absolute Gasteiger partial charge is 0.406 e. The van der Waals surface area contributed by atoms with Gasteiger partial charge in [-0.05, 0) is 14.0 Å². The van der Waals surface area contributed by atoms with Crippen molar-refractivity contribution >= 4 is 6.01 Å². The summed E-state index contributed by atoms with van der Waals surface area (Å²) >= 11 is 0. The number of nitrogens with zero attached hydrogens (tertiary/aromatic N) is 3. The third-order valence-electron chi connectivity index (χ3n) is 1.62. The topological polar surface area (TPSA) is 54.2 Å². The summed E-state index contributed by atoms with van der Waals surface area (Å²) in [6.45, 7) is 1.97. The summed E-state index contributed by atoms with van der Waals surface area (Å²) in [5.74, 6) is 0.612. The van der Waals surface area contributed by atoms with E-state index in [1.165, 1.54) is 0 Å². The van der Waals surface area contributed by atoms with Crippen molar-refractivity contribution in [3.8, 4) is 0 Å². The van der Waals surface area contributed by atoms with E-state index in [-0.39, 0.29) is 6.04 Å². The fraction of sp³-hybridized carbons (Fsp3) is 0.714. The summed E-state index contributed by atoms with van der Waals surface area (Å²) < 4.78 is 5.34. The molecule has 1 heterocycles. The third-order valence-corrected chi connectivity index (χ3v) is 1.62. The number of hydrogen-bond acceptors (Lipinski definition) is 5. The van der Waals surface area contributed by atoms with Crippen LogP contribution in [0.4, 0.5) is 6.01 Å². The molecule has 1 rings (SSSR count). The minimum absolute atomic E-state index is 0.103. The highest BCUT2D eigenvalue weighted by Gasteiger charge is 2.12. The molecule has 0 spiro atoms. The molecule has 1 aromatic rings. The molecular formula is C7H14N4O. The van der Waals surface area contributed by atoms with Gasteiger partial charge in [0.2, 0.25) is 5.89 Å². The van der Waals surface area contributed by atoms with Crippen LogP contribution in [0.25, 0.3) is 0 Å². The van der Waals surface area contributed by atoms with E-state index in [1.54, 1.807) is 4.90 Å². The quantitative estimate of drug-likeness (QED) is 0.712. The summed E-state index contributed by atoms with van der Waals surface area (Å²) in [5, 5.41) is 10.8. The Bertz CT molecular complexity index is 245. The van der Waals surface area contributed by atoms with Gasteiger partial charge < -0.3 is 14.6 Å². The zero-order valence-electron chi connectivity index (χ0n) is 7.83. The Morgan fingerprint density at radius 1 is 1.42 bits per heavy atom. The SMILES string of the molecule is CNC(C)c1nnc(N(C)C)o1. The Labute approximate surface area is 71.8 Å². The second-order valence-electron chi connectivity index (χ2n) is 2.83. The first-order valence-corrected chi connectivity index (χ1v) is 3.83. The van der Waals surface area contributed by atoms with Crippen LogP contribution in [0.5, 0.6) is 0 Å². The summed E-state index contributed by atoms with van der Waals surface area (Å²) in [6, 6.07) is 0.637. The monoisotopic (exact) mass is 170 g/mol. The van der Waals surface area contributed by atoms with E-state index in [9.17, 15) is 0 Å². The van der Waals surface area contributed by atoms with Gasteiger partial charge in [-0.3, -0.25) is 0 Å². The Kier molecular flexibility index (Phi) is 2.65. The smallest absolute Gasteiger partial charge is 0.317 e. The third kappa shape index (κ3) is 1.73. The minimum Gasteiger partial charge on any atom is -0.406 e. The molecule has 0 saturated heterocycles. The highest BCUT2D eigenvalue weighted by atomic mass is 16.4. The second kappa shape index (κ2) is 3.53. The van der Waals surface area contributed by atoms with E-state index in [1.807, 2.05) is 28.1 Å². The molecule has 68 valence electrons. The standard InChI is InChI=1S/C7H14N4O/c1-5(8-2)6-9-10-7(12-6)11(3)4/h5,8H,1-4H3. The van der Waals surface area contributed by atoms with Crippen LogP contribution in [-0.2, 0) is 0 Å². The van der Waals surface area contributed by atoms with Gasteiger partial charge in [0.15, 0.2) is 0 Å². The van der Waals surface area contributed by atoms with Crippen molar-refractivity contribution in [1.29, 1.82) is 0 Å². The van der Waals surface area contributed by atoms with Crippen molar-refractivity contribution in [2.75, 3.05) is 26.0 Å². The molecule has 0 amide bonds. The zero-order valence-corrected chi connectivity index (χ0v) is 7.83. The molecule has 1 aromatic heterocycles. The van der Waals surface area contributed by atoms with E-state index < -0.39 is 0 Å². The lowest BCUT2D eigenvalue weighted by Gasteiger charge is -2.05. The van der Waals surface area contributed by atoms with Gasteiger partial charge in [0, 0.05) is 14.1 Å². The average molecular weight is 170 g/mol. The zero-order chi connectivity index (χ0) is 9.14. The summed E-state index contributed by atoms with van der Waals surface area (Å²) in [7, 11) is 5.58. The van der Waals surface area contributed by atoms with E-state index in [0.29, 0.717) is 11.9 Å². The molecule has 0 aromatic carbocycles. The first-order valence-electron chi connectivity index (χ1n) is 3.83. The molecular weight excluding hydrogens is 156 g/mol. The van der Waals surface area contributed by atoms with Gasteiger partial charge in [-0.15, -0.1) is 5.10 Å². The van der Waals surface area contributed by atoms with Crippen LogP contribution in [0, 0.1) is 0 Å². The molecule has 0 aliphatic heterocycles.